The van der Waals surface area contributed by atoms with E-state index in [1.165, 1.54) is 17.8 Å². The molecule has 1 heterocycles. The van der Waals surface area contributed by atoms with E-state index in [-0.39, 0.29) is 11.9 Å². The summed E-state index contributed by atoms with van der Waals surface area (Å²) < 4.78 is 19.5. The Morgan fingerprint density at radius 2 is 2.11 bits per heavy atom. The largest absolute Gasteiger partial charge is 0.436 e. The van der Waals surface area contributed by atoms with Crippen LogP contribution in [0.4, 0.5) is 4.39 Å². The third-order valence-corrected chi connectivity index (χ3v) is 4.08. The molecule has 0 saturated heterocycles. The number of aromatic nitrogens is 1. The summed E-state index contributed by atoms with van der Waals surface area (Å²) in [6.07, 6.45) is 0. The molecule has 1 N–H and O–H groups in total. The van der Waals surface area contributed by atoms with Crippen molar-refractivity contribution < 1.29 is 8.81 Å². The van der Waals surface area contributed by atoms with Gasteiger partial charge in [0.25, 0.3) is 5.22 Å². The molecule has 0 saturated carbocycles. The molecule has 19 heavy (non-hydrogen) atoms. The molecule has 0 bridgehead atoms. The van der Waals surface area contributed by atoms with Crippen molar-refractivity contribution in [3.63, 3.8) is 0 Å². The molecule has 3 nitrogen and oxygen atoms in total. The first kappa shape index (κ1) is 14.1. The second kappa shape index (κ2) is 5.75. The van der Waals surface area contributed by atoms with E-state index in [1.54, 1.807) is 6.07 Å². The highest BCUT2D eigenvalue weighted by Crippen LogP contribution is 2.35. The number of rotatable bonds is 4. The van der Waals surface area contributed by atoms with Crippen LogP contribution in [0.3, 0.4) is 0 Å². The SMILES string of the molecule is CNC(C)c1cccc(F)c1Sc1nc(C)c(C)o1. The van der Waals surface area contributed by atoms with E-state index >= 15 is 0 Å². The van der Waals surface area contributed by atoms with Gasteiger partial charge in [0.15, 0.2) is 0 Å². The maximum atomic E-state index is 14.0. The van der Waals surface area contributed by atoms with Crippen LogP contribution in [0.1, 0.15) is 30.0 Å². The van der Waals surface area contributed by atoms with Crippen molar-refractivity contribution in [2.75, 3.05) is 7.05 Å². The maximum absolute atomic E-state index is 14.0. The maximum Gasteiger partial charge on any atom is 0.261 e. The van der Waals surface area contributed by atoms with Crippen LogP contribution in [0.2, 0.25) is 0 Å². The average molecular weight is 280 g/mol. The molecule has 0 aliphatic heterocycles. The van der Waals surface area contributed by atoms with Gasteiger partial charge in [0, 0.05) is 6.04 Å². The predicted molar refractivity (Wildman–Crippen MR) is 74.0 cm³/mol. The van der Waals surface area contributed by atoms with Gasteiger partial charge < -0.3 is 9.73 Å². The number of aryl methyl sites for hydroxylation is 2. The van der Waals surface area contributed by atoms with E-state index in [4.69, 9.17) is 4.42 Å². The molecule has 1 atom stereocenters. The second-order valence-corrected chi connectivity index (χ2v) is 5.35. The number of hydrogen-bond acceptors (Lipinski definition) is 4. The van der Waals surface area contributed by atoms with Crippen molar-refractivity contribution >= 4 is 11.8 Å². The highest BCUT2D eigenvalue weighted by molar-refractivity contribution is 7.99. The molecule has 2 rings (SSSR count). The lowest BCUT2D eigenvalue weighted by Gasteiger charge is -2.14. The molecule has 0 fully saturated rings. The van der Waals surface area contributed by atoms with E-state index in [0.29, 0.717) is 10.1 Å². The molecular weight excluding hydrogens is 263 g/mol. The fourth-order valence-electron chi connectivity index (χ4n) is 1.70. The van der Waals surface area contributed by atoms with Gasteiger partial charge >= 0.3 is 0 Å². The van der Waals surface area contributed by atoms with Gasteiger partial charge in [-0.1, -0.05) is 12.1 Å². The molecule has 102 valence electrons. The zero-order chi connectivity index (χ0) is 14.0. The lowest BCUT2D eigenvalue weighted by atomic mass is 10.1. The summed E-state index contributed by atoms with van der Waals surface area (Å²) in [5.74, 6) is 0.514. The monoisotopic (exact) mass is 280 g/mol. The number of oxazole rings is 1. The Balaban J connectivity index is 2.38. The van der Waals surface area contributed by atoms with Gasteiger partial charge in [0.2, 0.25) is 0 Å². The number of hydrogen-bond donors (Lipinski definition) is 1. The third-order valence-electron chi connectivity index (χ3n) is 3.10. The Morgan fingerprint density at radius 3 is 2.68 bits per heavy atom. The van der Waals surface area contributed by atoms with Crippen LogP contribution < -0.4 is 5.32 Å². The van der Waals surface area contributed by atoms with E-state index in [9.17, 15) is 4.39 Å². The molecule has 0 spiro atoms. The average Bonchev–Trinajstić information content (AvgIpc) is 2.70. The quantitative estimate of drug-likeness (QED) is 0.923. The number of nitrogens with one attached hydrogen (secondary N) is 1. The summed E-state index contributed by atoms with van der Waals surface area (Å²) in [7, 11) is 1.85. The minimum Gasteiger partial charge on any atom is -0.436 e. The van der Waals surface area contributed by atoms with Crippen LogP contribution in [-0.4, -0.2) is 12.0 Å². The highest BCUT2D eigenvalue weighted by atomic mass is 32.2. The molecule has 5 heteroatoms. The Labute approximate surface area is 116 Å². The normalized spacial score (nSPS) is 12.7. The van der Waals surface area contributed by atoms with Gasteiger partial charge in [0.05, 0.1) is 10.6 Å². The van der Waals surface area contributed by atoms with E-state index < -0.39 is 0 Å². The van der Waals surface area contributed by atoms with Gasteiger partial charge in [0.1, 0.15) is 11.6 Å². The first-order valence-corrected chi connectivity index (χ1v) is 6.92. The molecule has 2 aromatic rings. The van der Waals surface area contributed by atoms with Crippen LogP contribution in [0, 0.1) is 19.7 Å². The Bertz CT molecular complexity index is 563. The van der Waals surface area contributed by atoms with Crippen LogP contribution in [-0.2, 0) is 0 Å². The van der Waals surface area contributed by atoms with Crippen molar-refractivity contribution in [2.45, 2.75) is 36.9 Å². The molecule has 1 unspecified atom stereocenters. The van der Waals surface area contributed by atoms with Crippen LogP contribution in [0.25, 0.3) is 0 Å². The Hall–Kier alpha value is -1.33. The van der Waals surface area contributed by atoms with Crippen LogP contribution in [0.5, 0.6) is 0 Å². The van der Waals surface area contributed by atoms with Crippen molar-refractivity contribution in [2.24, 2.45) is 0 Å². The summed E-state index contributed by atoms with van der Waals surface area (Å²) in [6, 6.07) is 5.15. The first-order valence-electron chi connectivity index (χ1n) is 6.10. The lowest BCUT2D eigenvalue weighted by Crippen LogP contribution is -2.13. The van der Waals surface area contributed by atoms with E-state index in [1.807, 2.05) is 33.9 Å². The molecule has 0 aliphatic rings. The highest BCUT2D eigenvalue weighted by Gasteiger charge is 2.17. The van der Waals surface area contributed by atoms with Gasteiger partial charge in [-0.3, -0.25) is 0 Å². The van der Waals surface area contributed by atoms with Crippen molar-refractivity contribution in [1.82, 2.24) is 10.3 Å². The number of benzene rings is 1. The lowest BCUT2D eigenvalue weighted by molar-refractivity contribution is 0.430. The zero-order valence-electron chi connectivity index (χ0n) is 11.5. The topological polar surface area (TPSA) is 38.1 Å². The third kappa shape index (κ3) is 2.98. The zero-order valence-corrected chi connectivity index (χ0v) is 12.3. The van der Waals surface area contributed by atoms with Crippen molar-refractivity contribution in [1.29, 1.82) is 0 Å². The number of nitrogens with zero attached hydrogens (tertiary/aromatic N) is 1. The molecule has 1 aromatic carbocycles. The first-order chi connectivity index (χ1) is 9.02. The van der Waals surface area contributed by atoms with Crippen molar-refractivity contribution in [3.8, 4) is 0 Å². The summed E-state index contributed by atoms with van der Waals surface area (Å²) >= 11 is 1.23. The molecular formula is C14H17FN2OS. The minimum absolute atomic E-state index is 0.0651. The van der Waals surface area contributed by atoms with E-state index in [2.05, 4.69) is 10.3 Å². The van der Waals surface area contributed by atoms with Gasteiger partial charge in [-0.2, -0.15) is 0 Å². The smallest absolute Gasteiger partial charge is 0.261 e. The standard InChI is InChI=1S/C14H17FN2OS/c1-8-10(3)18-14(17-8)19-13-11(9(2)16-4)6-5-7-12(13)15/h5-7,9,16H,1-4H3. The van der Waals surface area contributed by atoms with E-state index in [0.717, 1.165) is 17.0 Å². The molecule has 0 radical (unpaired) electrons. The summed E-state index contributed by atoms with van der Waals surface area (Å²) in [5, 5.41) is 3.60. The van der Waals surface area contributed by atoms with Crippen molar-refractivity contribution in [3.05, 3.63) is 41.0 Å². The van der Waals surface area contributed by atoms with Gasteiger partial charge in [-0.15, -0.1) is 0 Å². The Kier molecular flexibility index (Phi) is 4.27. The predicted octanol–water partition coefficient (Wildman–Crippen LogP) is 3.86. The summed E-state index contributed by atoms with van der Waals surface area (Å²) in [4.78, 5) is 4.84. The molecule has 0 aliphatic carbocycles. The summed E-state index contributed by atoms with van der Waals surface area (Å²) in [5.41, 5.74) is 1.74. The van der Waals surface area contributed by atoms with Crippen LogP contribution in [0.15, 0.2) is 32.7 Å². The fraction of sp³-hybridized carbons (Fsp3) is 0.357. The molecule has 1 aromatic heterocycles. The Morgan fingerprint density at radius 1 is 1.37 bits per heavy atom. The number of halogens is 1. The van der Waals surface area contributed by atoms with Gasteiger partial charge in [-0.25, -0.2) is 9.37 Å². The summed E-state index contributed by atoms with van der Waals surface area (Å²) in [6.45, 7) is 5.72. The fourth-order valence-corrected chi connectivity index (χ4v) is 2.76. The van der Waals surface area contributed by atoms with Gasteiger partial charge in [-0.05, 0) is 51.2 Å². The molecule has 0 amide bonds. The minimum atomic E-state index is -0.252. The second-order valence-electron chi connectivity index (χ2n) is 4.39. The van der Waals surface area contributed by atoms with Crippen LogP contribution >= 0.6 is 11.8 Å².